The van der Waals surface area contributed by atoms with E-state index in [4.69, 9.17) is 4.74 Å². The maximum Gasteiger partial charge on any atom is 0.416 e. The summed E-state index contributed by atoms with van der Waals surface area (Å²) in [7, 11) is 0. The summed E-state index contributed by atoms with van der Waals surface area (Å²) in [5, 5.41) is 17.7. The molecule has 2 amide bonds. The smallest absolute Gasteiger partial charge is 0.390 e. The van der Waals surface area contributed by atoms with Crippen LogP contribution in [0.1, 0.15) is 64.5 Å². The summed E-state index contributed by atoms with van der Waals surface area (Å²) in [6.45, 7) is 2.51. The van der Waals surface area contributed by atoms with Crippen molar-refractivity contribution in [2.75, 3.05) is 24.7 Å². The van der Waals surface area contributed by atoms with Gasteiger partial charge in [-0.3, -0.25) is 14.5 Å². The lowest BCUT2D eigenvalue weighted by Gasteiger charge is -2.39. The van der Waals surface area contributed by atoms with Gasteiger partial charge in [0.25, 0.3) is 11.8 Å². The van der Waals surface area contributed by atoms with E-state index in [9.17, 15) is 32.3 Å². The van der Waals surface area contributed by atoms with Crippen molar-refractivity contribution >= 4 is 17.6 Å². The maximum atomic E-state index is 14.0. The molecule has 1 saturated heterocycles. The molecule has 2 aliphatic rings. The monoisotopic (exact) mass is 560 g/mol. The van der Waals surface area contributed by atoms with E-state index in [1.165, 1.54) is 35.2 Å². The zero-order valence-corrected chi connectivity index (χ0v) is 21.6. The standard InChI is InChI=1S/C28H28F4N4O4/c1-2-35-26-23(21(15-37)34-36(26)20-10-12-40-13-11-20)22(16-6-8-19(29)9-7-16)24(27(35)39)33-25(38)17-4-3-5-18(14-17)28(30,31)32/h3-9,14,20,22,24,37H,2,10-13,15H2,1H3,(H,33,38)/t22-,24+/m1/s1. The minimum atomic E-state index is -4.66. The lowest BCUT2D eigenvalue weighted by Crippen LogP contribution is -2.55. The molecule has 1 aromatic heterocycles. The Morgan fingerprint density at radius 2 is 1.85 bits per heavy atom. The molecule has 0 aliphatic carbocycles. The Labute approximate surface area is 227 Å². The highest BCUT2D eigenvalue weighted by atomic mass is 19.4. The molecular formula is C28H28F4N4O4. The summed E-state index contributed by atoms with van der Waals surface area (Å²) in [4.78, 5) is 28.8. The van der Waals surface area contributed by atoms with Crippen LogP contribution in [-0.2, 0) is 22.3 Å². The molecule has 2 aromatic carbocycles. The van der Waals surface area contributed by atoms with Crippen molar-refractivity contribution in [3.63, 3.8) is 0 Å². The van der Waals surface area contributed by atoms with Crippen LogP contribution in [0.2, 0.25) is 0 Å². The SMILES string of the molecule is CCN1C(=O)[C@@H](NC(=O)c2cccc(C(F)(F)F)c2)[C@H](c2ccc(F)cc2)c2c(CO)nn(C3CCOCC3)c21. The van der Waals surface area contributed by atoms with E-state index in [2.05, 4.69) is 10.4 Å². The third kappa shape index (κ3) is 5.08. The van der Waals surface area contributed by atoms with E-state index >= 15 is 0 Å². The van der Waals surface area contributed by atoms with Gasteiger partial charge in [-0.05, 0) is 55.7 Å². The molecule has 3 heterocycles. The van der Waals surface area contributed by atoms with E-state index in [1.807, 2.05) is 0 Å². The van der Waals surface area contributed by atoms with Gasteiger partial charge in [0.2, 0.25) is 0 Å². The number of aromatic nitrogens is 2. The van der Waals surface area contributed by atoms with Crippen molar-refractivity contribution in [1.29, 1.82) is 0 Å². The predicted octanol–water partition coefficient (Wildman–Crippen LogP) is 4.18. The molecule has 0 unspecified atom stereocenters. The van der Waals surface area contributed by atoms with Gasteiger partial charge < -0.3 is 15.2 Å². The van der Waals surface area contributed by atoms with Crippen LogP contribution in [0, 0.1) is 5.82 Å². The first-order valence-electron chi connectivity index (χ1n) is 13.0. The number of carbonyl (C=O) groups is 2. The van der Waals surface area contributed by atoms with Crippen molar-refractivity contribution in [3.05, 3.63) is 82.3 Å². The second-order valence-electron chi connectivity index (χ2n) is 9.77. The number of nitrogens with zero attached hydrogens (tertiary/aromatic N) is 3. The molecule has 5 rings (SSSR count). The van der Waals surface area contributed by atoms with E-state index in [1.54, 1.807) is 11.6 Å². The number of nitrogens with one attached hydrogen (secondary N) is 1. The third-order valence-electron chi connectivity index (χ3n) is 7.40. The Hall–Kier alpha value is -3.77. The zero-order chi connectivity index (χ0) is 28.6. The fraction of sp³-hybridized carbons (Fsp3) is 0.393. The van der Waals surface area contributed by atoms with Crippen LogP contribution >= 0.6 is 0 Å². The number of anilines is 1. The van der Waals surface area contributed by atoms with Crippen molar-refractivity contribution in [1.82, 2.24) is 15.1 Å². The molecular weight excluding hydrogens is 532 g/mol. The second kappa shape index (κ2) is 11.0. The van der Waals surface area contributed by atoms with Crippen molar-refractivity contribution < 1.29 is 37.0 Å². The summed E-state index contributed by atoms with van der Waals surface area (Å²) >= 11 is 0. The molecule has 1 fully saturated rings. The van der Waals surface area contributed by atoms with Gasteiger partial charge in [-0.1, -0.05) is 18.2 Å². The van der Waals surface area contributed by atoms with Gasteiger partial charge in [-0.25, -0.2) is 9.07 Å². The lowest BCUT2D eigenvalue weighted by molar-refractivity contribution is -0.137. The number of alkyl halides is 3. The Balaban J connectivity index is 1.63. The summed E-state index contributed by atoms with van der Waals surface area (Å²) in [6, 6.07) is 7.97. The normalized spacial score (nSPS) is 19.9. The van der Waals surface area contributed by atoms with Crippen molar-refractivity contribution in [2.45, 2.75) is 50.6 Å². The lowest BCUT2D eigenvalue weighted by atomic mass is 9.80. The number of hydrogen-bond acceptors (Lipinski definition) is 5. The number of carbonyl (C=O) groups excluding carboxylic acids is 2. The van der Waals surface area contributed by atoms with Crippen LogP contribution in [0.3, 0.4) is 0 Å². The number of ether oxygens (including phenoxy) is 1. The highest BCUT2D eigenvalue weighted by Crippen LogP contribution is 2.44. The van der Waals surface area contributed by atoms with Crippen LogP contribution in [0.25, 0.3) is 0 Å². The molecule has 8 nitrogen and oxygen atoms in total. The molecule has 0 bridgehead atoms. The summed E-state index contributed by atoms with van der Waals surface area (Å²) < 4.78 is 61.0. The third-order valence-corrected chi connectivity index (χ3v) is 7.40. The van der Waals surface area contributed by atoms with Crippen LogP contribution in [0.5, 0.6) is 0 Å². The van der Waals surface area contributed by atoms with Gasteiger partial charge in [-0.15, -0.1) is 0 Å². The average molecular weight is 561 g/mol. The summed E-state index contributed by atoms with van der Waals surface area (Å²) in [5.74, 6) is -2.30. The number of rotatable bonds is 6. The maximum absolute atomic E-state index is 14.0. The van der Waals surface area contributed by atoms with E-state index in [-0.39, 0.29) is 18.2 Å². The molecule has 0 saturated carbocycles. The topological polar surface area (TPSA) is 96.7 Å². The average Bonchev–Trinajstić information content (AvgIpc) is 3.33. The molecule has 2 aliphatic heterocycles. The number of aliphatic hydroxyl groups excluding tert-OH is 1. The molecule has 0 radical (unpaired) electrons. The van der Waals surface area contributed by atoms with Crippen LogP contribution < -0.4 is 10.2 Å². The number of halogens is 4. The minimum Gasteiger partial charge on any atom is -0.390 e. The van der Waals surface area contributed by atoms with Crippen LogP contribution in [-0.4, -0.2) is 52.5 Å². The Kier molecular flexibility index (Phi) is 7.65. The first kappa shape index (κ1) is 27.8. The zero-order valence-electron chi connectivity index (χ0n) is 21.6. The number of hydrogen-bond donors (Lipinski definition) is 2. The van der Waals surface area contributed by atoms with E-state index in [0.717, 1.165) is 18.2 Å². The fourth-order valence-corrected chi connectivity index (χ4v) is 5.50. The number of likely N-dealkylation sites (N-methyl/N-ethyl adjacent to an activating group) is 1. The quantitative estimate of drug-likeness (QED) is 0.441. The molecule has 0 spiro atoms. The number of aliphatic hydroxyl groups is 1. The van der Waals surface area contributed by atoms with Crippen molar-refractivity contribution in [2.24, 2.45) is 0 Å². The Morgan fingerprint density at radius 1 is 1.15 bits per heavy atom. The van der Waals surface area contributed by atoms with Crippen molar-refractivity contribution in [3.8, 4) is 0 Å². The van der Waals surface area contributed by atoms with Gasteiger partial charge in [-0.2, -0.15) is 18.3 Å². The van der Waals surface area contributed by atoms with Crippen LogP contribution in [0.15, 0.2) is 48.5 Å². The number of fused-ring (bicyclic) bond motifs is 1. The van der Waals surface area contributed by atoms with Gasteiger partial charge in [0.05, 0.1) is 23.9 Å². The Morgan fingerprint density at radius 3 is 2.48 bits per heavy atom. The predicted molar refractivity (Wildman–Crippen MR) is 136 cm³/mol. The summed E-state index contributed by atoms with van der Waals surface area (Å²) in [5.41, 5.74) is -0.00334. The molecule has 3 aromatic rings. The molecule has 212 valence electrons. The first-order chi connectivity index (χ1) is 19.1. The molecule has 12 heteroatoms. The number of benzene rings is 2. The highest BCUT2D eigenvalue weighted by Gasteiger charge is 2.46. The van der Waals surface area contributed by atoms with Gasteiger partial charge in [0.15, 0.2) is 0 Å². The largest absolute Gasteiger partial charge is 0.416 e. The summed E-state index contributed by atoms with van der Waals surface area (Å²) in [6.07, 6.45) is -3.38. The second-order valence-corrected chi connectivity index (χ2v) is 9.77. The highest BCUT2D eigenvalue weighted by molar-refractivity contribution is 6.05. The van der Waals surface area contributed by atoms with Gasteiger partial charge in [0.1, 0.15) is 17.7 Å². The molecule has 40 heavy (non-hydrogen) atoms. The van der Waals surface area contributed by atoms with E-state index in [0.29, 0.717) is 48.7 Å². The van der Waals surface area contributed by atoms with Gasteiger partial charge in [0, 0.05) is 36.8 Å². The fourth-order valence-electron chi connectivity index (χ4n) is 5.50. The molecule has 2 N–H and O–H groups in total. The molecule has 2 atom stereocenters. The Bertz CT molecular complexity index is 1400. The minimum absolute atomic E-state index is 0.102. The first-order valence-corrected chi connectivity index (χ1v) is 13.0. The van der Waals surface area contributed by atoms with Crippen LogP contribution in [0.4, 0.5) is 23.4 Å². The van der Waals surface area contributed by atoms with E-state index < -0.39 is 47.9 Å². The number of amides is 2. The van der Waals surface area contributed by atoms with Gasteiger partial charge >= 0.3 is 6.18 Å².